The summed E-state index contributed by atoms with van der Waals surface area (Å²) in [5.41, 5.74) is 1.37. The number of phenols is 1. The van der Waals surface area contributed by atoms with E-state index in [4.69, 9.17) is 23.7 Å². The number of carbonyl (C=O) groups excluding carboxylic acids is 1. The molecule has 0 unspecified atom stereocenters. The molecule has 2 aliphatic rings. The molecule has 0 spiro atoms. The van der Waals surface area contributed by atoms with Crippen molar-refractivity contribution < 1.29 is 59.1 Å². The topological polar surface area (TPSA) is 185 Å². The monoisotopic (exact) mass is 562 g/mol. The third kappa shape index (κ3) is 7.23. The summed E-state index contributed by atoms with van der Waals surface area (Å²) >= 11 is 0. The molecule has 0 saturated carbocycles. The highest BCUT2D eigenvalue weighted by atomic mass is 16.7. The Hall–Kier alpha value is -2.91. The maximum Gasteiger partial charge on any atom is 0.331 e. The number of esters is 1. The van der Waals surface area contributed by atoms with Gasteiger partial charge in [0.15, 0.2) is 18.7 Å². The van der Waals surface area contributed by atoms with Crippen LogP contribution in [-0.4, -0.2) is 105 Å². The first kappa shape index (κ1) is 30.1. The van der Waals surface area contributed by atoms with E-state index in [0.29, 0.717) is 5.56 Å². The molecule has 0 radical (unpaired) electrons. The van der Waals surface area contributed by atoms with Crippen molar-refractivity contribution in [2.75, 3.05) is 6.61 Å². The summed E-state index contributed by atoms with van der Waals surface area (Å²) in [4.78, 5) is 12.7. The van der Waals surface area contributed by atoms with E-state index in [1.165, 1.54) is 25.1 Å². The standard InChI is InChI=1S/C28H34O12/c1-15-21(32)22(33)23(34)28(37-15)40-26-24(35)27(36-14-17-5-3-2-4-6-17)38-19(13-29)25(26)39-20(31)12-9-16-7-10-18(30)11-8-16/h2-12,15,19,21-30,32-35H,13-14H2,1H3/t15-,19+,21-,22+,23+,24+,25+,26+,27+,28-/m0/s1. The van der Waals surface area contributed by atoms with Gasteiger partial charge in [-0.15, -0.1) is 0 Å². The number of hydrogen-bond acceptors (Lipinski definition) is 12. The molecule has 0 bridgehead atoms. The number of ether oxygens (including phenoxy) is 5. The van der Waals surface area contributed by atoms with Crippen LogP contribution in [0.4, 0.5) is 0 Å². The van der Waals surface area contributed by atoms with Crippen molar-refractivity contribution in [1.29, 1.82) is 0 Å². The Balaban J connectivity index is 1.54. The van der Waals surface area contributed by atoms with Crippen molar-refractivity contribution in [2.45, 2.75) is 74.9 Å². The number of carbonyl (C=O) groups is 1. The van der Waals surface area contributed by atoms with Gasteiger partial charge >= 0.3 is 5.97 Å². The summed E-state index contributed by atoms with van der Waals surface area (Å²) in [6.07, 6.45) is -11.6. The quantitative estimate of drug-likeness (QED) is 0.175. The average Bonchev–Trinajstić information content (AvgIpc) is 2.96. The maximum atomic E-state index is 12.7. The minimum atomic E-state index is -1.71. The first-order valence-corrected chi connectivity index (χ1v) is 12.8. The van der Waals surface area contributed by atoms with Gasteiger partial charge in [0.1, 0.15) is 42.4 Å². The van der Waals surface area contributed by atoms with Crippen molar-refractivity contribution in [2.24, 2.45) is 0 Å². The Morgan fingerprint density at radius 1 is 0.875 bits per heavy atom. The van der Waals surface area contributed by atoms with Crippen LogP contribution in [0.15, 0.2) is 60.7 Å². The summed E-state index contributed by atoms with van der Waals surface area (Å²) in [5, 5.41) is 61.5. The van der Waals surface area contributed by atoms with Gasteiger partial charge < -0.3 is 54.3 Å². The summed E-state index contributed by atoms with van der Waals surface area (Å²) in [6, 6.07) is 15.1. The first-order chi connectivity index (χ1) is 19.2. The molecule has 4 rings (SSSR count). The Bertz CT molecular complexity index is 1110. The van der Waals surface area contributed by atoms with Crippen molar-refractivity contribution in [3.05, 3.63) is 71.8 Å². The number of aromatic hydroxyl groups is 1. The fraction of sp³-hybridized carbons (Fsp3) is 0.464. The fourth-order valence-electron chi connectivity index (χ4n) is 4.43. The van der Waals surface area contributed by atoms with Gasteiger partial charge in [0, 0.05) is 6.08 Å². The van der Waals surface area contributed by atoms with Crippen LogP contribution in [0.3, 0.4) is 0 Å². The molecule has 2 aromatic rings. The van der Waals surface area contributed by atoms with Crippen molar-refractivity contribution in [3.63, 3.8) is 0 Å². The second kappa shape index (κ2) is 13.6. The van der Waals surface area contributed by atoms with Gasteiger partial charge in [-0.3, -0.25) is 0 Å². The minimum absolute atomic E-state index is 0.0394. The molecule has 2 saturated heterocycles. The van der Waals surface area contributed by atoms with Crippen LogP contribution >= 0.6 is 0 Å². The third-order valence-corrected chi connectivity index (χ3v) is 6.71. The van der Waals surface area contributed by atoms with Crippen LogP contribution in [0.2, 0.25) is 0 Å². The molecule has 2 fully saturated rings. The number of aliphatic hydroxyl groups excluding tert-OH is 5. The molecular weight excluding hydrogens is 528 g/mol. The minimum Gasteiger partial charge on any atom is -0.508 e. The fourth-order valence-corrected chi connectivity index (χ4v) is 4.43. The van der Waals surface area contributed by atoms with Gasteiger partial charge in [0.25, 0.3) is 0 Å². The Morgan fingerprint density at radius 3 is 2.25 bits per heavy atom. The second-order valence-corrected chi connectivity index (χ2v) is 9.62. The SMILES string of the molecule is C[C@@H]1O[C@@H](O[C@@H]2[C@@H](O)[C@H](OCc3ccccc3)O[C@H](CO)[C@H]2OC(=O)C=Cc2ccc(O)cc2)[C@H](O)[C@H](O)[C@H]1O. The normalized spacial score (nSPS) is 34.5. The summed E-state index contributed by atoms with van der Waals surface area (Å²) in [7, 11) is 0. The molecule has 12 nitrogen and oxygen atoms in total. The molecule has 2 heterocycles. The largest absolute Gasteiger partial charge is 0.508 e. The second-order valence-electron chi connectivity index (χ2n) is 9.62. The lowest BCUT2D eigenvalue weighted by atomic mass is 9.97. The zero-order valence-electron chi connectivity index (χ0n) is 21.7. The molecule has 0 aliphatic carbocycles. The third-order valence-electron chi connectivity index (χ3n) is 6.71. The number of rotatable bonds is 9. The lowest BCUT2D eigenvalue weighted by molar-refractivity contribution is -0.358. The molecular formula is C28H34O12. The van der Waals surface area contributed by atoms with Gasteiger partial charge in [0.2, 0.25) is 0 Å². The number of phenolic OH excluding ortho intramolecular Hbond substituents is 1. The highest BCUT2D eigenvalue weighted by Gasteiger charge is 2.52. The van der Waals surface area contributed by atoms with E-state index in [9.17, 15) is 35.4 Å². The van der Waals surface area contributed by atoms with Gasteiger partial charge in [-0.25, -0.2) is 4.79 Å². The molecule has 2 aliphatic heterocycles. The van der Waals surface area contributed by atoms with Crippen LogP contribution in [0, 0.1) is 0 Å². The molecule has 0 aromatic heterocycles. The predicted octanol–water partition coefficient (Wildman–Crippen LogP) is -0.175. The summed E-state index contributed by atoms with van der Waals surface area (Å²) in [5.74, 6) is -0.805. The van der Waals surface area contributed by atoms with E-state index in [0.717, 1.165) is 11.6 Å². The van der Waals surface area contributed by atoms with Crippen molar-refractivity contribution in [3.8, 4) is 5.75 Å². The molecule has 218 valence electrons. The van der Waals surface area contributed by atoms with Crippen molar-refractivity contribution in [1.82, 2.24) is 0 Å². The van der Waals surface area contributed by atoms with E-state index in [1.54, 1.807) is 24.3 Å². The molecule has 6 N–H and O–H groups in total. The Labute approximate surface area is 230 Å². The summed E-state index contributed by atoms with van der Waals surface area (Å²) < 4.78 is 28.4. The lowest BCUT2D eigenvalue weighted by Crippen LogP contribution is -2.65. The number of aliphatic hydroxyl groups is 5. The van der Waals surface area contributed by atoms with Gasteiger partial charge in [-0.2, -0.15) is 0 Å². The van der Waals surface area contributed by atoms with Gasteiger partial charge in [-0.1, -0.05) is 42.5 Å². The average molecular weight is 563 g/mol. The van der Waals surface area contributed by atoms with E-state index in [-0.39, 0.29) is 12.4 Å². The Kier molecular flexibility index (Phi) is 10.2. The number of hydrogen-bond donors (Lipinski definition) is 6. The summed E-state index contributed by atoms with van der Waals surface area (Å²) in [6.45, 7) is 0.853. The van der Waals surface area contributed by atoms with Crippen LogP contribution < -0.4 is 0 Å². The van der Waals surface area contributed by atoms with Crippen LogP contribution in [0.25, 0.3) is 6.08 Å². The zero-order valence-corrected chi connectivity index (χ0v) is 21.7. The first-order valence-electron chi connectivity index (χ1n) is 12.8. The van der Waals surface area contributed by atoms with Crippen LogP contribution in [0.1, 0.15) is 18.1 Å². The van der Waals surface area contributed by atoms with Crippen LogP contribution in [0.5, 0.6) is 5.75 Å². The maximum absolute atomic E-state index is 12.7. The van der Waals surface area contributed by atoms with Crippen molar-refractivity contribution >= 4 is 12.0 Å². The smallest absolute Gasteiger partial charge is 0.331 e. The van der Waals surface area contributed by atoms with Gasteiger partial charge in [0.05, 0.1) is 19.3 Å². The Morgan fingerprint density at radius 2 is 1.57 bits per heavy atom. The zero-order chi connectivity index (χ0) is 28.8. The number of benzene rings is 2. The molecule has 10 atom stereocenters. The molecule has 2 aromatic carbocycles. The van der Waals surface area contributed by atoms with E-state index < -0.39 is 74.0 Å². The predicted molar refractivity (Wildman–Crippen MR) is 137 cm³/mol. The van der Waals surface area contributed by atoms with E-state index in [2.05, 4.69) is 0 Å². The highest BCUT2D eigenvalue weighted by molar-refractivity contribution is 5.87. The van der Waals surface area contributed by atoms with Gasteiger partial charge in [-0.05, 0) is 36.3 Å². The molecule has 0 amide bonds. The van der Waals surface area contributed by atoms with Crippen LogP contribution in [-0.2, 0) is 35.1 Å². The molecule has 12 heteroatoms. The molecule has 40 heavy (non-hydrogen) atoms. The lowest BCUT2D eigenvalue weighted by Gasteiger charge is -2.46. The van der Waals surface area contributed by atoms with E-state index in [1.807, 2.05) is 18.2 Å². The van der Waals surface area contributed by atoms with E-state index >= 15 is 0 Å². The highest BCUT2D eigenvalue weighted by Crippen LogP contribution is 2.31.